The van der Waals surface area contributed by atoms with Crippen molar-refractivity contribution in [3.63, 3.8) is 0 Å². The third-order valence-electron chi connectivity index (χ3n) is 4.68. The van der Waals surface area contributed by atoms with Gasteiger partial charge in [-0.3, -0.25) is 9.59 Å². The maximum Gasteiger partial charge on any atom is 0.251 e. The second-order valence-corrected chi connectivity index (χ2v) is 8.00. The predicted octanol–water partition coefficient (Wildman–Crippen LogP) is 3.35. The number of aryl methyl sites for hydroxylation is 1. The third-order valence-corrected chi connectivity index (χ3v) is 5.33. The minimum absolute atomic E-state index is 0.179. The second kappa shape index (κ2) is 10.6. The molecular formula is C23H26N4O2S. The number of hydrogen-bond acceptors (Lipinski definition) is 4. The second-order valence-electron chi connectivity index (χ2n) is 7.01. The van der Waals surface area contributed by atoms with E-state index >= 15 is 0 Å². The van der Waals surface area contributed by atoms with Crippen molar-refractivity contribution in [1.29, 1.82) is 0 Å². The fourth-order valence-corrected chi connectivity index (χ4v) is 3.50. The Bertz CT molecular complexity index is 971. The molecule has 156 valence electrons. The summed E-state index contributed by atoms with van der Waals surface area (Å²) in [5.74, 6) is 0.370. The third kappa shape index (κ3) is 5.97. The lowest BCUT2D eigenvalue weighted by Gasteiger charge is -2.18. The Labute approximate surface area is 181 Å². The molecule has 1 atom stereocenters. The Morgan fingerprint density at radius 3 is 2.60 bits per heavy atom. The van der Waals surface area contributed by atoms with Crippen molar-refractivity contribution >= 4 is 23.6 Å². The molecule has 30 heavy (non-hydrogen) atoms. The minimum atomic E-state index is -0.575. The number of benzene rings is 2. The lowest BCUT2D eigenvalue weighted by atomic mass is 10.1. The average Bonchev–Trinajstić information content (AvgIpc) is 3.30. The Morgan fingerprint density at radius 1 is 1.13 bits per heavy atom. The van der Waals surface area contributed by atoms with Crippen LogP contribution in [0.5, 0.6) is 0 Å². The van der Waals surface area contributed by atoms with Crippen molar-refractivity contribution in [3.8, 4) is 5.69 Å². The summed E-state index contributed by atoms with van der Waals surface area (Å²) >= 11 is 1.65. The SMILES string of the molecule is CSCCC(NC(=O)c1cccc(C)c1)C(=O)NCc1ccc(-n2cccn2)cc1. The molecule has 2 aromatic carbocycles. The van der Waals surface area contributed by atoms with Crippen LogP contribution in [0.4, 0.5) is 0 Å². The van der Waals surface area contributed by atoms with Gasteiger partial charge in [0.25, 0.3) is 5.91 Å². The van der Waals surface area contributed by atoms with Gasteiger partial charge in [0.1, 0.15) is 6.04 Å². The zero-order chi connectivity index (χ0) is 21.3. The quantitative estimate of drug-likeness (QED) is 0.555. The van der Waals surface area contributed by atoms with Gasteiger partial charge in [0.2, 0.25) is 5.91 Å². The van der Waals surface area contributed by atoms with Crippen LogP contribution in [0.25, 0.3) is 5.69 Å². The van der Waals surface area contributed by atoms with Crippen LogP contribution in [-0.4, -0.2) is 39.6 Å². The van der Waals surface area contributed by atoms with Crippen LogP contribution >= 0.6 is 11.8 Å². The van der Waals surface area contributed by atoms with Gasteiger partial charge in [-0.25, -0.2) is 4.68 Å². The van der Waals surface area contributed by atoms with Crippen LogP contribution in [0.2, 0.25) is 0 Å². The topological polar surface area (TPSA) is 76.0 Å². The van der Waals surface area contributed by atoms with E-state index in [-0.39, 0.29) is 11.8 Å². The summed E-state index contributed by atoms with van der Waals surface area (Å²) in [7, 11) is 0. The highest BCUT2D eigenvalue weighted by Crippen LogP contribution is 2.10. The van der Waals surface area contributed by atoms with Crippen LogP contribution < -0.4 is 10.6 Å². The first-order chi connectivity index (χ1) is 14.6. The highest BCUT2D eigenvalue weighted by molar-refractivity contribution is 7.98. The van der Waals surface area contributed by atoms with E-state index in [2.05, 4.69) is 15.7 Å². The van der Waals surface area contributed by atoms with Crippen molar-refractivity contribution in [2.75, 3.05) is 12.0 Å². The van der Waals surface area contributed by atoms with Crippen LogP contribution in [0.15, 0.2) is 67.0 Å². The van der Waals surface area contributed by atoms with E-state index in [0.717, 1.165) is 22.6 Å². The Kier molecular flexibility index (Phi) is 7.68. The maximum absolute atomic E-state index is 12.8. The van der Waals surface area contributed by atoms with E-state index in [1.54, 1.807) is 28.7 Å². The maximum atomic E-state index is 12.8. The molecule has 3 rings (SSSR count). The molecule has 6 nitrogen and oxygen atoms in total. The lowest BCUT2D eigenvalue weighted by molar-refractivity contribution is -0.123. The van der Waals surface area contributed by atoms with Crippen molar-refractivity contribution in [2.24, 2.45) is 0 Å². The number of amides is 2. The summed E-state index contributed by atoms with van der Waals surface area (Å²) in [6.07, 6.45) is 6.17. The molecule has 2 amide bonds. The molecule has 3 aromatic rings. The number of hydrogen-bond donors (Lipinski definition) is 2. The zero-order valence-corrected chi connectivity index (χ0v) is 18.0. The molecule has 0 radical (unpaired) electrons. The van der Waals surface area contributed by atoms with Gasteiger partial charge in [0.05, 0.1) is 5.69 Å². The number of rotatable bonds is 9. The van der Waals surface area contributed by atoms with Crippen LogP contribution in [0, 0.1) is 6.92 Å². The molecule has 0 aliphatic rings. The molecule has 0 aliphatic heterocycles. The van der Waals surface area contributed by atoms with Crippen LogP contribution in [0.1, 0.15) is 27.9 Å². The zero-order valence-electron chi connectivity index (χ0n) is 17.2. The van der Waals surface area contributed by atoms with E-state index < -0.39 is 6.04 Å². The van der Waals surface area contributed by atoms with Gasteiger partial charge in [-0.05, 0) is 61.2 Å². The van der Waals surface area contributed by atoms with Crippen LogP contribution in [-0.2, 0) is 11.3 Å². The standard InChI is InChI=1S/C23H26N4O2S/c1-17-5-3-6-19(15-17)22(28)26-21(11-14-30-2)23(29)24-16-18-7-9-20(10-8-18)27-13-4-12-25-27/h3-10,12-13,15,21H,11,14,16H2,1-2H3,(H,24,29)(H,26,28). The number of carbonyl (C=O) groups is 2. The first-order valence-electron chi connectivity index (χ1n) is 9.80. The fraction of sp³-hybridized carbons (Fsp3) is 0.261. The van der Waals surface area contributed by atoms with Gasteiger partial charge >= 0.3 is 0 Å². The Hall–Kier alpha value is -3.06. The highest BCUT2D eigenvalue weighted by Gasteiger charge is 2.21. The number of thioether (sulfide) groups is 1. The summed E-state index contributed by atoms with van der Waals surface area (Å²) in [6.45, 7) is 2.33. The lowest BCUT2D eigenvalue weighted by Crippen LogP contribution is -2.46. The molecule has 2 N–H and O–H groups in total. The molecule has 1 aromatic heterocycles. The summed E-state index contributed by atoms with van der Waals surface area (Å²) in [6, 6.07) is 16.5. The van der Waals surface area contributed by atoms with Gasteiger partial charge in [0.15, 0.2) is 0 Å². The molecule has 1 heterocycles. The molecule has 0 aliphatic carbocycles. The molecule has 0 saturated heterocycles. The molecule has 0 fully saturated rings. The van der Waals surface area contributed by atoms with Crippen molar-refractivity contribution < 1.29 is 9.59 Å². The van der Waals surface area contributed by atoms with E-state index in [1.165, 1.54) is 0 Å². The number of aromatic nitrogens is 2. The van der Waals surface area contributed by atoms with Crippen molar-refractivity contribution in [1.82, 2.24) is 20.4 Å². The number of nitrogens with zero attached hydrogens (tertiary/aromatic N) is 2. The van der Waals surface area contributed by atoms with E-state index in [0.29, 0.717) is 18.5 Å². The van der Waals surface area contributed by atoms with Crippen molar-refractivity contribution in [2.45, 2.75) is 25.9 Å². The van der Waals surface area contributed by atoms with Gasteiger partial charge in [0, 0.05) is 24.5 Å². The predicted molar refractivity (Wildman–Crippen MR) is 121 cm³/mol. The van der Waals surface area contributed by atoms with Crippen LogP contribution in [0.3, 0.4) is 0 Å². The van der Waals surface area contributed by atoms with E-state index in [9.17, 15) is 9.59 Å². The largest absolute Gasteiger partial charge is 0.350 e. The summed E-state index contributed by atoms with van der Waals surface area (Å²) in [5.41, 5.74) is 3.50. The summed E-state index contributed by atoms with van der Waals surface area (Å²) < 4.78 is 1.78. The normalized spacial score (nSPS) is 11.7. The first kappa shape index (κ1) is 21.6. The molecule has 1 unspecified atom stereocenters. The number of carbonyl (C=O) groups excluding carboxylic acids is 2. The van der Waals surface area contributed by atoms with E-state index in [1.807, 2.05) is 67.9 Å². The van der Waals surface area contributed by atoms with Crippen molar-refractivity contribution in [3.05, 3.63) is 83.7 Å². The molecule has 0 bridgehead atoms. The smallest absolute Gasteiger partial charge is 0.251 e. The molecule has 0 spiro atoms. The summed E-state index contributed by atoms with van der Waals surface area (Å²) in [4.78, 5) is 25.4. The monoisotopic (exact) mass is 422 g/mol. The summed E-state index contributed by atoms with van der Waals surface area (Å²) in [5, 5.41) is 10.0. The minimum Gasteiger partial charge on any atom is -0.350 e. The Morgan fingerprint density at radius 2 is 1.93 bits per heavy atom. The van der Waals surface area contributed by atoms with E-state index in [4.69, 9.17) is 0 Å². The molecular weight excluding hydrogens is 396 g/mol. The van der Waals surface area contributed by atoms with Gasteiger partial charge in [-0.1, -0.05) is 29.8 Å². The van der Waals surface area contributed by atoms with Gasteiger partial charge in [-0.15, -0.1) is 0 Å². The Balaban J connectivity index is 1.60. The van der Waals surface area contributed by atoms with Gasteiger partial charge < -0.3 is 10.6 Å². The molecule has 7 heteroatoms. The molecule has 0 saturated carbocycles. The average molecular weight is 423 g/mol. The first-order valence-corrected chi connectivity index (χ1v) is 11.2. The number of nitrogens with one attached hydrogen (secondary N) is 2. The fourth-order valence-electron chi connectivity index (χ4n) is 3.03. The highest BCUT2D eigenvalue weighted by atomic mass is 32.2. The van der Waals surface area contributed by atoms with Gasteiger partial charge in [-0.2, -0.15) is 16.9 Å².